The Bertz CT molecular complexity index is 544. The largest absolute Gasteiger partial charge is 0.393 e. The molecule has 1 unspecified atom stereocenters. The molecule has 0 heterocycles. The first-order valence-corrected chi connectivity index (χ1v) is 7.63. The number of hydrogen-bond donors (Lipinski definition) is 3. The normalized spacial score (nSPS) is 12.5. The highest BCUT2D eigenvalue weighted by molar-refractivity contribution is 5.76. The van der Waals surface area contributed by atoms with Crippen LogP contribution in [0.3, 0.4) is 0 Å². The Morgan fingerprint density at radius 2 is 2.04 bits per heavy atom. The highest BCUT2D eigenvalue weighted by Gasteiger charge is 2.21. The van der Waals surface area contributed by atoms with Crippen LogP contribution < -0.4 is 10.6 Å². The Morgan fingerprint density at radius 3 is 2.65 bits per heavy atom. The number of carbonyl (C=O) groups excluding carboxylic acids is 1. The first kappa shape index (κ1) is 18.9. The van der Waals surface area contributed by atoms with Crippen molar-refractivity contribution in [2.45, 2.75) is 39.7 Å². The van der Waals surface area contributed by atoms with Gasteiger partial charge in [-0.2, -0.15) is 0 Å². The Kier molecular flexibility index (Phi) is 6.96. The zero-order chi connectivity index (χ0) is 17.5. The third kappa shape index (κ3) is 7.10. The summed E-state index contributed by atoms with van der Waals surface area (Å²) in [6.45, 7) is 6.47. The Labute approximate surface area is 136 Å². The fourth-order valence-corrected chi connectivity index (χ4v) is 2.39. The second-order valence-corrected chi connectivity index (χ2v) is 6.45. The van der Waals surface area contributed by atoms with Crippen molar-refractivity contribution in [1.29, 1.82) is 0 Å². The second-order valence-electron chi connectivity index (χ2n) is 6.45. The molecule has 0 aromatic heterocycles. The highest BCUT2D eigenvalue weighted by atomic mass is 16.6. The van der Waals surface area contributed by atoms with Crippen LogP contribution >= 0.6 is 0 Å². The number of amides is 1. The summed E-state index contributed by atoms with van der Waals surface area (Å²) in [5.41, 5.74) is 0.209. The Hall–Kier alpha value is -2.15. The van der Waals surface area contributed by atoms with Gasteiger partial charge in [-0.3, -0.25) is 14.9 Å². The van der Waals surface area contributed by atoms with Crippen molar-refractivity contribution in [3.05, 3.63) is 34.4 Å². The molecule has 0 radical (unpaired) electrons. The summed E-state index contributed by atoms with van der Waals surface area (Å²) in [4.78, 5) is 22.3. The quantitative estimate of drug-likeness (QED) is 0.478. The van der Waals surface area contributed by atoms with Crippen molar-refractivity contribution in [1.82, 2.24) is 5.32 Å². The minimum atomic E-state index is -0.457. The van der Waals surface area contributed by atoms with E-state index in [4.69, 9.17) is 0 Å². The molecule has 1 atom stereocenters. The molecule has 0 aliphatic rings. The molecule has 0 bridgehead atoms. The monoisotopic (exact) mass is 323 g/mol. The number of nitrogens with one attached hydrogen (secondary N) is 2. The molecule has 23 heavy (non-hydrogen) atoms. The molecule has 0 aliphatic carbocycles. The van der Waals surface area contributed by atoms with Gasteiger partial charge in [-0.05, 0) is 24.8 Å². The minimum Gasteiger partial charge on any atom is -0.393 e. The number of nitro groups is 1. The van der Waals surface area contributed by atoms with Gasteiger partial charge in [-0.25, -0.2) is 0 Å². The van der Waals surface area contributed by atoms with Crippen LogP contribution in [0, 0.1) is 15.5 Å². The van der Waals surface area contributed by atoms with Crippen molar-refractivity contribution >= 4 is 17.3 Å². The summed E-state index contributed by atoms with van der Waals surface area (Å²) in [5, 5.41) is 26.0. The standard InChI is InChI=1S/C16H25N3O4/c1-12(20)10-16(2,3)11-18-15(21)8-9-17-13-6-4-5-7-14(13)19(22)23/h4-7,12,17,20H,8-11H2,1-3H3,(H,18,21). The third-order valence-electron chi connectivity index (χ3n) is 3.38. The predicted octanol–water partition coefficient (Wildman–Crippen LogP) is 2.31. The van der Waals surface area contributed by atoms with Gasteiger partial charge in [0, 0.05) is 25.6 Å². The molecule has 1 aromatic carbocycles. The molecule has 7 heteroatoms. The average molecular weight is 323 g/mol. The van der Waals surface area contributed by atoms with Gasteiger partial charge in [0.05, 0.1) is 11.0 Å². The summed E-state index contributed by atoms with van der Waals surface area (Å²) < 4.78 is 0. The minimum absolute atomic E-state index is 0.00836. The van der Waals surface area contributed by atoms with E-state index < -0.39 is 11.0 Å². The smallest absolute Gasteiger partial charge is 0.292 e. The van der Waals surface area contributed by atoms with Crippen LogP contribution in [0.25, 0.3) is 0 Å². The number of rotatable bonds is 9. The topological polar surface area (TPSA) is 104 Å². The second kappa shape index (κ2) is 8.47. The number of para-hydroxylation sites is 2. The SMILES string of the molecule is CC(O)CC(C)(C)CNC(=O)CCNc1ccccc1[N+](=O)[O-]. The van der Waals surface area contributed by atoms with Gasteiger partial charge >= 0.3 is 0 Å². The molecular formula is C16H25N3O4. The fraction of sp³-hybridized carbons (Fsp3) is 0.562. The van der Waals surface area contributed by atoms with E-state index in [-0.39, 0.29) is 23.4 Å². The van der Waals surface area contributed by atoms with Crippen LogP contribution in [-0.4, -0.2) is 35.1 Å². The number of nitro benzene ring substituents is 1. The lowest BCUT2D eigenvalue weighted by atomic mass is 9.87. The van der Waals surface area contributed by atoms with Crippen molar-refractivity contribution in [3.8, 4) is 0 Å². The summed E-state index contributed by atoms with van der Waals surface area (Å²) in [7, 11) is 0. The van der Waals surface area contributed by atoms with Gasteiger partial charge in [0.2, 0.25) is 5.91 Å². The molecule has 1 rings (SSSR count). The molecule has 1 aromatic rings. The third-order valence-corrected chi connectivity index (χ3v) is 3.38. The van der Waals surface area contributed by atoms with Crippen LogP contribution in [0.1, 0.15) is 33.6 Å². The molecule has 0 spiro atoms. The van der Waals surface area contributed by atoms with E-state index in [0.29, 0.717) is 25.2 Å². The van der Waals surface area contributed by atoms with Gasteiger partial charge < -0.3 is 15.7 Å². The molecule has 1 amide bonds. The molecule has 0 saturated carbocycles. The molecule has 3 N–H and O–H groups in total. The van der Waals surface area contributed by atoms with E-state index in [9.17, 15) is 20.0 Å². The van der Waals surface area contributed by atoms with Crippen LogP contribution in [0.15, 0.2) is 24.3 Å². The van der Waals surface area contributed by atoms with Crippen LogP contribution in [-0.2, 0) is 4.79 Å². The van der Waals surface area contributed by atoms with Gasteiger partial charge in [0.15, 0.2) is 0 Å². The summed E-state index contributed by atoms with van der Waals surface area (Å²) >= 11 is 0. The zero-order valence-electron chi connectivity index (χ0n) is 13.8. The molecule has 0 aliphatic heterocycles. The van der Waals surface area contributed by atoms with Crippen molar-refractivity contribution in [2.75, 3.05) is 18.4 Å². The van der Waals surface area contributed by atoms with E-state index in [2.05, 4.69) is 10.6 Å². The summed E-state index contributed by atoms with van der Waals surface area (Å²) in [5.74, 6) is -0.130. The highest BCUT2D eigenvalue weighted by Crippen LogP contribution is 2.23. The molecule has 0 fully saturated rings. The lowest BCUT2D eigenvalue weighted by Gasteiger charge is -2.26. The van der Waals surface area contributed by atoms with Crippen LogP contribution in [0.5, 0.6) is 0 Å². The number of nitrogens with zero attached hydrogens (tertiary/aromatic N) is 1. The number of aliphatic hydroxyl groups is 1. The molecular weight excluding hydrogens is 298 g/mol. The van der Waals surface area contributed by atoms with E-state index in [1.54, 1.807) is 25.1 Å². The van der Waals surface area contributed by atoms with E-state index >= 15 is 0 Å². The Morgan fingerprint density at radius 1 is 1.39 bits per heavy atom. The number of benzene rings is 1. The van der Waals surface area contributed by atoms with Crippen molar-refractivity contribution in [2.24, 2.45) is 5.41 Å². The summed E-state index contributed by atoms with van der Waals surface area (Å²) in [6.07, 6.45) is 0.403. The van der Waals surface area contributed by atoms with Crippen molar-refractivity contribution in [3.63, 3.8) is 0 Å². The van der Waals surface area contributed by atoms with Gasteiger partial charge in [0.25, 0.3) is 5.69 Å². The first-order valence-electron chi connectivity index (χ1n) is 7.63. The lowest BCUT2D eigenvalue weighted by molar-refractivity contribution is -0.384. The van der Waals surface area contributed by atoms with Gasteiger partial charge in [0.1, 0.15) is 5.69 Å². The van der Waals surface area contributed by atoms with Crippen molar-refractivity contribution < 1.29 is 14.8 Å². The van der Waals surface area contributed by atoms with Crippen LogP contribution in [0.2, 0.25) is 0 Å². The molecule has 0 saturated heterocycles. The van der Waals surface area contributed by atoms with E-state index in [1.165, 1.54) is 6.07 Å². The maximum absolute atomic E-state index is 11.8. The maximum Gasteiger partial charge on any atom is 0.292 e. The zero-order valence-corrected chi connectivity index (χ0v) is 13.8. The number of aliphatic hydroxyl groups excluding tert-OH is 1. The van der Waals surface area contributed by atoms with E-state index in [0.717, 1.165) is 0 Å². The molecule has 128 valence electrons. The first-order chi connectivity index (χ1) is 10.7. The number of anilines is 1. The summed E-state index contributed by atoms with van der Waals surface area (Å²) in [6, 6.07) is 6.33. The fourth-order valence-electron chi connectivity index (χ4n) is 2.39. The molecule has 7 nitrogen and oxygen atoms in total. The Balaban J connectivity index is 2.39. The predicted molar refractivity (Wildman–Crippen MR) is 89.3 cm³/mol. The maximum atomic E-state index is 11.8. The van der Waals surface area contributed by atoms with Gasteiger partial charge in [-0.15, -0.1) is 0 Å². The number of carbonyl (C=O) groups is 1. The van der Waals surface area contributed by atoms with Gasteiger partial charge in [-0.1, -0.05) is 26.0 Å². The average Bonchev–Trinajstić information content (AvgIpc) is 2.44. The van der Waals surface area contributed by atoms with E-state index in [1.807, 2.05) is 13.8 Å². The lowest BCUT2D eigenvalue weighted by Crippen LogP contribution is -2.36. The van der Waals surface area contributed by atoms with Crippen LogP contribution in [0.4, 0.5) is 11.4 Å². The number of hydrogen-bond acceptors (Lipinski definition) is 5.